The van der Waals surface area contributed by atoms with Crippen molar-refractivity contribution in [2.75, 3.05) is 0 Å². The Kier molecular flexibility index (Phi) is 3.12. The number of carbonyl (C=O) groups is 1. The number of benzene rings is 1. The van der Waals surface area contributed by atoms with Crippen LogP contribution < -0.4 is 5.48 Å². The molecule has 2 N–H and O–H groups in total. The third-order valence-corrected chi connectivity index (χ3v) is 2.46. The maximum Gasteiger partial charge on any atom is 0.306 e. The minimum Gasteiger partial charge on any atom is -0.481 e. The first-order valence-corrected chi connectivity index (χ1v) is 5.14. The van der Waals surface area contributed by atoms with Crippen LogP contribution in [0.3, 0.4) is 0 Å². The van der Waals surface area contributed by atoms with Crippen molar-refractivity contribution in [3.8, 4) is 0 Å². The molecule has 2 rings (SSSR count). The van der Waals surface area contributed by atoms with Gasteiger partial charge < -0.3 is 5.11 Å². The number of aliphatic carboxylic acids is 1. The predicted molar refractivity (Wildman–Crippen MR) is 59.7 cm³/mol. The van der Waals surface area contributed by atoms with E-state index in [1.807, 2.05) is 12.1 Å². The van der Waals surface area contributed by atoms with Crippen molar-refractivity contribution in [1.29, 1.82) is 0 Å². The summed E-state index contributed by atoms with van der Waals surface area (Å²) in [6.07, 6.45) is 1.27. The summed E-state index contributed by atoms with van der Waals surface area (Å²) in [7, 11) is 0. The predicted octanol–water partition coefficient (Wildman–Crippen LogP) is 2.06. The van der Waals surface area contributed by atoms with Gasteiger partial charge in [0.15, 0.2) is 0 Å². The second-order valence-electron chi connectivity index (χ2n) is 3.44. The Morgan fingerprint density at radius 2 is 2.12 bits per heavy atom. The fourth-order valence-corrected chi connectivity index (χ4v) is 1.58. The van der Waals surface area contributed by atoms with E-state index in [9.17, 15) is 4.79 Å². The van der Waals surface area contributed by atoms with Gasteiger partial charge in [0.05, 0.1) is 12.1 Å². The Bertz CT molecular complexity index is 427. The van der Waals surface area contributed by atoms with E-state index in [4.69, 9.17) is 21.5 Å². The second kappa shape index (κ2) is 4.55. The molecule has 1 heterocycles. The summed E-state index contributed by atoms with van der Waals surface area (Å²) in [5.41, 5.74) is 4.38. The van der Waals surface area contributed by atoms with Crippen LogP contribution in [0.15, 0.2) is 30.3 Å². The van der Waals surface area contributed by atoms with Gasteiger partial charge in [-0.15, -0.1) is 0 Å². The Morgan fingerprint density at radius 1 is 1.44 bits per heavy atom. The van der Waals surface area contributed by atoms with Crippen molar-refractivity contribution in [2.24, 2.45) is 0 Å². The van der Waals surface area contributed by atoms with Crippen LogP contribution in [0.4, 0.5) is 0 Å². The Morgan fingerprint density at radius 3 is 2.75 bits per heavy atom. The second-order valence-corrected chi connectivity index (χ2v) is 3.88. The lowest BCUT2D eigenvalue weighted by Crippen LogP contribution is -2.15. The third kappa shape index (κ3) is 2.53. The van der Waals surface area contributed by atoms with Crippen molar-refractivity contribution in [2.45, 2.75) is 12.5 Å². The van der Waals surface area contributed by atoms with E-state index in [-0.39, 0.29) is 6.42 Å². The molecular formula is C11H10ClNO3. The van der Waals surface area contributed by atoms with Crippen molar-refractivity contribution in [3.63, 3.8) is 0 Å². The Hall–Kier alpha value is -1.52. The van der Waals surface area contributed by atoms with Gasteiger partial charge in [-0.2, -0.15) is 0 Å². The maximum atomic E-state index is 10.5. The summed E-state index contributed by atoms with van der Waals surface area (Å²) in [6.45, 7) is 0. The fraction of sp³-hybridized carbons (Fsp3) is 0.182. The highest BCUT2D eigenvalue weighted by Crippen LogP contribution is 2.21. The molecule has 0 radical (unpaired) electrons. The topological polar surface area (TPSA) is 58.6 Å². The van der Waals surface area contributed by atoms with Crippen LogP contribution in [0.25, 0.3) is 5.70 Å². The van der Waals surface area contributed by atoms with Crippen LogP contribution in [-0.4, -0.2) is 17.2 Å². The normalized spacial score (nSPS) is 19.1. The highest BCUT2D eigenvalue weighted by Gasteiger charge is 2.19. The molecule has 1 atom stereocenters. The first-order valence-electron chi connectivity index (χ1n) is 4.76. The number of hydrogen-bond donors (Lipinski definition) is 2. The largest absolute Gasteiger partial charge is 0.481 e. The summed E-state index contributed by atoms with van der Waals surface area (Å²) in [5, 5.41) is 9.27. The van der Waals surface area contributed by atoms with Crippen molar-refractivity contribution < 1.29 is 14.7 Å². The molecule has 0 saturated heterocycles. The van der Waals surface area contributed by atoms with E-state index in [0.717, 1.165) is 11.3 Å². The lowest BCUT2D eigenvalue weighted by atomic mass is 10.1. The molecule has 1 aromatic rings. The van der Waals surface area contributed by atoms with Gasteiger partial charge in [0.1, 0.15) is 6.10 Å². The molecule has 5 heteroatoms. The summed E-state index contributed by atoms with van der Waals surface area (Å²) in [6, 6.07) is 7.22. The van der Waals surface area contributed by atoms with E-state index < -0.39 is 12.1 Å². The number of hydroxylamine groups is 1. The third-order valence-electron chi connectivity index (χ3n) is 2.20. The standard InChI is InChI=1S/C11H10ClNO3/c12-8-3-1-7(2-4-8)10-5-9(16-13-10)6-11(14)15/h1-5,9,13H,6H2,(H,14,15). The van der Waals surface area contributed by atoms with E-state index in [1.165, 1.54) is 0 Å². The van der Waals surface area contributed by atoms with Crippen LogP contribution >= 0.6 is 11.6 Å². The molecule has 1 aromatic carbocycles. The molecule has 4 nitrogen and oxygen atoms in total. The number of halogens is 1. The number of carboxylic acids is 1. The molecule has 0 saturated carbocycles. The number of hydrogen-bond acceptors (Lipinski definition) is 3. The van der Waals surface area contributed by atoms with Gasteiger partial charge >= 0.3 is 5.97 Å². The van der Waals surface area contributed by atoms with Crippen molar-refractivity contribution in [3.05, 3.63) is 40.9 Å². The smallest absolute Gasteiger partial charge is 0.306 e. The number of rotatable bonds is 3. The molecular weight excluding hydrogens is 230 g/mol. The van der Waals surface area contributed by atoms with E-state index in [0.29, 0.717) is 5.02 Å². The first-order chi connectivity index (χ1) is 7.65. The van der Waals surface area contributed by atoms with Crippen LogP contribution in [0.2, 0.25) is 5.02 Å². The van der Waals surface area contributed by atoms with E-state index in [1.54, 1.807) is 18.2 Å². The zero-order valence-electron chi connectivity index (χ0n) is 8.31. The molecule has 1 aliphatic heterocycles. The fourth-order valence-electron chi connectivity index (χ4n) is 1.45. The van der Waals surface area contributed by atoms with Gasteiger partial charge in [-0.25, -0.2) is 0 Å². The molecule has 84 valence electrons. The van der Waals surface area contributed by atoms with Gasteiger partial charge in [-0.3, -0.25) is 15.1 Å². The van der Waals surface area contributed by atoms with Crippen LogP contribution in [0, 0.1) is 0 Å². The van der Waals surface area contributed by atoms with Crippen LogP contribution in [0.1, 0.15) is 12.0 Å². The molecule has 0 amide bonds. The number of carboxylic acid groups (broad SMARTS) is 1. The minimum absolute atomic E-state index is 0.0515. The molecule has 1 unspecified atom stereocenters. The summed E-state index contributed by atoms with van der Waals surface area (Å²) in [4.78, 5) is 15.6. The van der Waals surface area contributed by atoms with E-state index >= 15 is 0 Å². The van der Waals surface area contributed by atoms with Gasteiger partial charge in [0, 0.05) is 5.02 Å². The average Bonchev–Trinajstić information content (AvgIpc) is 2.66. The molecule has 1 aliphatic rings. The summed E-state index contributed by atoms with van der Waals surface area (Å²) < 4.78 is 0. The molecule has 0 aromatic heterocycles. The number of nitrogens with one attached hydrogen (secondary N) is 1. The van der Waals surface area contributed by atoms with Gasteiger partial charge in [0.25, 0.3) is 0 Å². The Balaban J connectivity index is 2.11. The SMILES string of the molecule is O=C(O)CC1C=C(c2ccc(Cl)cc2)NO1. The quantitative estimate of drug-likeness (QED) is 0.848. The van der Waals surface area contributed by atoms with E-state index in [2.05, 4.69) is 5.48 Å². The highest BCUT2D eigenvalue weighted by atomic mass is 35.5. The molecule has 0 spiro atoms. The summed E-state index contributed by atoms with van der Waals surface area (Å²) >= 11 is 5.77. The maximum absolute atomic E-state index is 10.5. The zero-order valence-corrected chi connectivity index (χ0v) is 9.07. The zero-order chi connectivity index (χ0) is 11.5. The molecule has 0 aliphatic carbocycles. The molecule has 0 bridgehead atoms. The summed E-state index contributed by atoms with van der Waals surface area (Å²) in [5.74, 6) is -0.889. The lowest BCUT2D eigenvalue weighted by Gasteiger charge is -2.04. The molecule has 16 heavy (non-hydrogen) atoms. The van der Waals surface area contributed by atoms with Crippen molar-refractivity contribution >= 4 is 23.3 Å². The van der Waals surface area contributed by atoms with Gasteiger partial charge in [-0.1, -0.05) is 23.7 Å². The van der Waals surface area contributed by atoms with Gasteiger partial charge in [0.2, 0.25) is 0 Å². The first kappa shape index (κ1) is 11.0. The minimum atomic E-state index is -0.889. The van der Waals surface area contributed by atoms with Gasteiger partial charge in [-0.05, 0) is 23.8 Å². The van der Waals surface area contributed by atoms with Crippen LogP contribution in [0.5, 0.6) is 0 Å². The Labute approximate surface area is 97.4 Å². The highest BCUT2D eigenvalue weighted by molar-refractivity contribution is 6.30. The monoisotopic (exact) mass is 239 g/mol. The van der Waals surface area contributed by atoms with Crippen LogP contribution in [-0.2, 0) is 9.63 Å². The average molecular weight is 240 g/mol. The molecule has 0 fully saturated rings. The lowest BCUT2D eigenvalue weighted by molar-refractivity contribution is -0.139. The van der Waals surface area contributed by atoms with Crippen molar-refractivity contribution in [1.82, 2.24) is 5.48 Å².